The molecule has 1 aromatic heterocycles. The lowest BCUT2D eigenvalue weighted by Gasteiger charge is -2.00. The fourth-order valence-electron chi connectivity index (χ4n) is 1.40. The third-order valence-electron chi connectivity index (χ3n) is 2.50. The van der Waals surface area contributed by atoms with Crippen LogP contribution in [-0.2, 0) is 6.54 Å². The Balaban J connectivity index is 1.86. The molecule has 1 aliphatic carbocycles. The zero-order chi connectivity index (χ0) is 10.7. The molecule has 3 N–H and O–H groups in total. The number of carbonyl (C=O) groups is 1. The number of rotatable bonds is 5. The van der Waals surface area contributed by atoms with Crippen molar-refractivity contribution in [3.63, 3.8) is 0 Å². The van der Waals surface area contributed by atoms with Gasteiger partial charge in [-0.05, 0) is 18.8 Å². The van der Waals surface area contributed by atoms with Crippen LogP contribution in [0.25, 0.3) is 0 Å². The summed E-state index contributed by atoms with van der Waals surface area (Å²) in [5.41, 5.74) is 5.88. The van der Waals surface area contributed by atoms with Crippen LogP contribution in [0.2, 0.25) is 0 Å². The zero-order valence-electron chi connectivity index (χ0n) is 8.65. The maximum absolute atomic E-state index is 11.6. The van der Waals surface area contributed by atoms with Crippen LogP contribution in [0.5, 0.6) is 0 Å². The van der Waals surface area contributed by atoms with Gasteiger partial charge in [0.05, 0.1) is 6.33 Å². The number of nitrogens with two attached hydrogens (primary N) is 1. The molecule has 0 aliphatic heterocycles. The molecule has 0 radical (unpaired) electrons. The second-order valence-electron chi connectivity index (χ2n) is 3.94. The van der Waals surface area contributed by atoms with Crippen LogP contribution in [0.15, 0.2) is 12.5 Å². The summed E-state index contributed by atoms with van der Waals surface area (Å²) in [6.07, 6.45) is 5.85. The number of amides is 1. The van der Waals surface area contributed by atoms with Gasteiger partial charge in [-0.1, -0.05) is 0 Å². The van der Waals surface area contributed by atoms with Crippen molar-refractivity contribution >= 4 is 5.91 Å². The average molecular weight is 208 g/mol. The minimum atomic E-state index is -0.0855. The lowest BCUT2D eigenvalue weighted by molar-refractivity contribution is 0.0947. The molecule has 2 rings (SSSR count). The summed E-state index contributed by atoms with van der Waals surface area (Å²) >= 11 is 0. The topological polar surface area (TPSA) is 72.9 Å². The Morgan fingerprint density at radius 1 is 1.67 bits per heavy atom. The van der Waals surface area contributed by atoms with E-state index in [0.717, 1.165) is 6.54 Å². The fourth-order valence-corrected chi connectivity index (χ4v) is 1.40. The molecular formula is C10H16N4O. The number of nitrogens with one attached hydrogen (secondary N) is 1. The van der Waals surface area contributed by atoms with Gasteiger partial charge in [-0.3, -0.25) is 4.79 Å². The molecule has 0 saturated heterocycles. The number of hydrogen-bond acceptors (Lipinski definition) is 3. The molecule has 0 bridgehead atoms. The van der Waals surface area contributed by atoms with Crippen molar-refractivity contribution in [2.75, 3.05) is 13.1 Å². The van der Waals surface area contributed by atoms with E-state index < -0.39 is 0 Å². The first-order valence-electron chi connectivity index (χ1n) is 5.29. The Labute approximate surface area is 88.7 Å². The molecule has 82 valence electrons. The number of carbonyl (C=O) groups excluding carboxylic acids is 1. The van der Waals surface area contributed by atoms with E-state index in [1.165, 1.54) is 12.8 Å². The van der Waals surface area contributed by atoms with Gasteiger partial charge in [-0.25, -0.2) is 4.98 Å². The number of nitrogens with zero attached hydrogens (tertiary/aromatic N) is 2. The van der Waals surface area contributed by atoms with Crippen LogP contribution < -0.4 is 11.1 Å². The Hall–Kier alpha value is -1.36. The van der Waals surface area contributed by atoms with Crippen LogP contribution in [0.1, 0.15) is 23.3 Å². The van der Waals surface area contributed by atoms with Crippen molar-refractivity contribution in [1.82, 2.24) is 14.9 Å². The summed E-state index contributed by atoms with van der Waals surface area (Å²) < 4.78 is 1.83. The van der Waals surface area contributed by atoms with Crippen molar-refractivity contribution in [3.05, 3.63) is 18.2 Å². The first-order valence-corrected chi connectivity index (χ1v) is 5.29. The molecule has 1 fully saturated rings. The monoisotopic (exact) mass is 208 g/mol. The van der Waals surface area contributed by atoms with E-state index in [2.05, 4.69) is 10.3 Å². The van der Waals surface area contributed by atoms with Crippen molar-refractivity contribution in [2.45, 2.75) is 19.4 Å². The predicted molar refractivity (Wildman–Crippen MR) is 56.3 cm³/mol. The second kappa shape index (κ2) is 4.44. The Bertz CT molecular complexity index is 343. The number of aromatic nitrogens is 2. The van der Waals surface area contributed by atoms with Gasteiger partial charge in [0.2, 0.25) is 0 Å². The van der Waals surface area contributed by atoms with Crippen molar-refractivity contribution in [3.8, 4) is 0 Å². The van der Waals surface area contributed by atoms with Gasteiger partial charge in [0.25, 0.3) is 5.91 Å². The van der Waals surface area contributed by atoms with Crippen LogP contribution in [0, 0.1) is 5.92 Å². The van der Waals surface area contributed by atoms with Crippen molar-refractivity contribution < 1.29 is 4.79 Å². The minimum absolute atomic E-state index is 0.0855. The van der Waals surface area contributed by atoms with E-state index in [1.54, 1.807) is 12.5 Å². The molecule has 1 aliphatic rings. The molecule has 0 spiro atoms. The lowest BCUT2D eigenvalue weighted by atomic mass is 10.4. The van der Waals surface area contributed by atoms with E-state index in [4.69, 9.17) is 5.73 Å². The molecular weight excluding hydrogens is 192 g/mol. The summed E-state index contributed by atoms with van der Waals surface area (Å²) in [6.45, 7) is 2.03. The smallest absolute Gasteiger partial charge is 0.271 e. The minimum Gasteiger partial charge on any atom is -0.350 e. The lowest BCUT2D eigenvalue weighted by Crippen LogP contribution is -2.25. The van der Waals surface area contributed by atoms with Gasteiger partial charge in [0.15, 0.2) is 0 Å². The van der Waals surface area contributed by atoms with Gasteiger partial charge in [-0.15, -0.1) is 0 Å². The fraction of sp³-hybridized carbons (Fsp3) is 0.600. The molecule has 1 amide bonds. The van der Waals surface area contributed by atoms with Gasteiger partial charge < -0.3 is 15.6 Å². The molecule has 1 aromatic rings. The maximum atomic E-state index is 11.6. The average Bonchev–Trinajstić information content (AvgIpc) is 2.94. The predicted octanol–water partition coefficient (Wildman–Crippen LogP) is -0.0184. The van der Waals surface area contributed by atoms with Crippen molar-refractivity contribution in [2.24, 2.45) is 11.7 Å². The molecule has 0 unspecified atom stereocenters. The first kappa shape index (κ1) is 10.2. The highest BCUT2D eigenvalue weighted by molar-refractivity contribution is 5.92. The molecule has 0 atom stereocenters. The van der Waals surface area contributed by atoms with Gasteiger partial charge >= 0.3 is 0 Å². The summed E-state index contributed by atoms with van der Waals surface area (Å²) in [7, 11) is 0. The first-order chi connectivity index (χ1) is 7.29. The summed E-state index contributed by atoms with van der Waals surface area (Å²) in [5.74, 6) is 0.609. The van der Waals surface area contributed by atoms with E-state index in [0.29, 0.717) is 24.7 Å². The summed E-state index contributed by atoms with van der Waals surface area (Å²) in [5, 5.41) is 2.87. The standard InChI is InChI=1S/C10H16N4O/c11-3-4-14-6-9(13-7-14)10(15)12-5-8-1-2-8/h6-8H,1-5,11H2,(H,12,15). The molecule has 1 saturated carbocycles. The Morgan fingerprint density at radius 3 is 3.13 bits per heavy atom. The van der Waals surface area contributed by atoms with Gasteiger partial charge in [0, 0.05) is 25.8 Å². The zero-order valence-corrected chi connectivity index (χ0v) is 8.65. The number of imidazole rings is 1. The summed E-state index contributed by atoms with van der Waals surface area (Å²) in [4.78, 5) is 15.6. The van der Waals surface area contributed by atoms with Crippen LogP contribution in [-0.4, -0.2) is 28.5 Å². The number of hydrogen-bond donors (Lipinski definition) is 2. The van der Waals surface area contributed by atoms with E-state index in [-0.39, 0.29) is 5.91 Å². The van der Waals surface area contributed by atoms with Gasteiger partial charge in [-0.2, -0.15) is 0 Å². The van der Waals surface area contributed by atoms with E-state index >= 15 is 0 Å². The maximum Gasteiger partial charge on any atom is 0.271 e. The molecule has 5 heteroatoms. The Morgan fingerprint density at radius 2 is 2.47 bits per heavy atom. The molecule has 0 aromatic carbocycles. The third-order valence-corrected chi connectivity index (χ3v) is 2.50. The van der Waals surface area contributed by atoms with Crippen LogP contribution in [0.4, 0.5) is 0 Å². The molecule has 1 heterocycles. The van der Waals surface area contributed by atoms with Crippen molar-refractivity contribution in [1.29, 1.82) is 0 Å². The van der Waals surface area contributed by atoms with Crippen LogP contribution >= 0.6 is 0 Å². The normalized spacial score (nSPS) is 15.3. The van der Waals surface area contributed by atoms with E-state index in [9.17, 15) is 4.79 Å². The third kappa shape index (κ3) is 2.79. The SMILES string of the molecule is NCCn1cnc(C(=O)NCC2CC2)c1. The van der Waals surface area contributed by atoms with E-state index in [1.807, 2.05) is 4.57 Å². The summed E-state index contributed by atoms with van der Waals surface area (Å²) in [6, 6.07) is 0. The van der Waals surface area contributed by atoms with Crippen LogP contribution in [0.3, 0.4) is 0 Å². The highest BCUT2D eigenvalue weighted by Gasteiger charge is 2.22. The van der Waals surface area contributed by atoms with Gasteiger partial charge in [0.1, 0.15) is 5.69 Å². The molecule has 15 heavy (non-hydrogen) atoms. The Kier molecular flexibility index (Phi) is 3.01. The molecule has 5 nitrogen and oxygen atoms in total. The second-order valence-corrected chi connectivity index (χ2v) is 3.94. The largest absolute Gasteiger partial charge is 0.350 e. The highest BCUT2D eigenvalue weighted by Crippen LogP contribution is 2.27. The highest BCUT2D eigenvalue weighted by atomic mass is 16.1. The quantitative estimate of drug-likeness (QED) is 0.714.